The topological polar surface area (TPSA) is 38.5 Å². The molecule has 1 aliphatic rings. The zero-order valence-electron chi connectivity index (χ0n) is 14.1. The predicted octanol–water partition coefficient (Wildman–Crippen LogP) is 3.82. The summed E-state index contributed by atoms with van der Waals surface area (Å²) in [7, 11) is 0. The second kappa shape index (κ2) is 9.86. The van der Waals surface area contributed by atoms with Gasteiger partial charge in [0.15, 0.2) is 0 Å². The quantitative estimate of drug-likeness (QED) is 0.705. The van der Waals surface area contributed by atoms with Crippen molar-refractivity contribution in [3.63, 3.8) is 0 Å². The Labute approximate surface area is 135 Å². The number of piperidine rings is 1. The van der Waals surface area contributed by atoms with Crippen LogP contribution < -0.4 is 10.5 Å². The van der Waals surface area contributed by atoms with Crippen LogP contribution in [0.2, 0.25) is 0 Å². The molecule has 0 atom stereocenters. The van der Waals surface area contributed by atoms with E-state index < -0.39 is 0 Å². The van der Waals surface area contributed by atoms with Gasteiger partial charge in [0.05, 0.1) is 6.61 Å². The number of hydrogen-bond donors (Lipinski definition) is 1. The van der Waals surface area contributed by atoms with Gasteiger partial charge in [0.1, 0.15) is 5.75 Å². The van der Waals surface area contributed by atoms with Crippen molar-refractivity contribution in [2.45, 2.75) is 52.0 Å². The van der Waals surface area contributed by atoms with Gasteiger partial charge in [-0.3, -0.25) is 4.90 Å². The highest BCUT2D eigenvalue weighted by Gasteiger charge is 2.18. The monoisotopic (exact) mass is 304 g/mol. The van der Waals surface area contributed by atoms with E-state index in [1.165, 1.54) is 37.7 Å². The van der Waals surface area contributed by atoms with Crippen molar-refractivity contribution < 1.29 is 4.74 Å². The van der Waals surface area contributed by atoms with Crippen LogP contribution in [-0.4, -0.2) is 31.1 Å². The molecule has 0 amide bonds. The molecule has 1 aromatic carbocycles. The van der Waals surface area contributed by atoms with Crippen LogP contribution in [0, 0.1) is 5.92 Å². The molecular formula is C19H32N2O. The molecular weight excluding hydrogens is 272 g/mol. The molecule has 2 N–H and O–H groups in total. The fourth-order valence-electron chi connectivity index (χ4n) is 3.11. The maximum absolute atomic E-state index is 6.02. The number of ether oxygens (including phenoxy) is 1. The second-order valence-corrected chi connectivity index (χ2v) is 6.47. The van der Waals surface area contributed by atoms with Crippen LogP contribution in [0.15, 0.2) is 24.3 Å². The van der Waals surface area contributed by atoms with Crippen molar-refractivity contribution >= 4 is 0 Å². The van der Waals surface area contributed by atoms with Gasteiger partial charge in [-0.2, -0.15) is 0 Å². The Morgan fingerprint density at radius 1 is 1.14 bits per heavy atom. The summed E-state index contributed by atoms with van der Waals surface area (Å²) in [5.41, 5.74) is 7.10. The van der Waals surface area contributed by atoms with Gasteiger partial charge in [-0.1, -0.05) is 44.4 Å². The molecule has 1 saturated heterocycles. The van der Waals surface area contributed by atoms with Gasteiger partial charge in [-0.15, -0.1) is 0 Å². The van der Waals surface area contributed by atoms with Crippen molar-refractivity contribution in [3.8, 4) is 5.75 Å². The SMILES string of the molecule is CCCCCCOc1ccccc1CN1CCC(CN)CC1. The Kier molecular flexibility index (Phi) is 7.75. The molecule has 1 heterocycles. The molecule has 2 rings (SSSR count). The second-order valence-electron chi connectivity index (χ2n) is 6.47. The third kappa shape index (κ3) is 5.62. The third-order valence-corrected chi connectivity index (χ3v) is 4.66. The molecule has 0 saturated carbocycles. The van der Waals surface area contributed by atoms with Gasteiger partial charge in [-0.05, 0) is 50.9 Å². The smallest absolute Gasteiger partial charge is 0.123 e. The number of unbranched alkanes of at least 4 members (excludes halogenated alkanes) is 3. The third-order valence-electron chi connectivity index (χ3n) is 4.66. The Balaban J connectivity index is 1.80. The summed E-state index contributed by atoms with van der Waals surface area (Å²) in [6.45, 7) is 7.24. The van der Waals surface area contributed by atoms with Crippen molar-refractivity contribution in [1.82, 2.24) is 4.90 Å². The van der Waals surface area contributed by atoms with Crippen molar-refractivity contribution in [1.29, 1.82) is 0 Å². The van der Waals surface area contributed by atoms with E-state index in [0.717, 1.165) is 50.9 Å². The van der Waals surface area contributed by atoms with Gasteiger partial charge in [0.2, 0.25) is 0 Å². The first-order valence-corrected chi connectivity index (χ1v) is 8.96. The number of hydrogen-bond acceptors (Lipinski definition) is 3. The standard InChI is InChI=1S/C19H32N2O/c1-2-3-4-7-14-22-19-9-6-5-8-18(19)16-21-12-10-17(15-20)11-13-21/h5-6,8-9,17H,2-4,7,10-16,20H2,1H3. The van der Waals surface area contributed by atoms with Gasteiger partial charge >= 0.3 is 0 Å². The zero-order valence-corrected chi connectivity index (χ0v) is 14.1. The Bertz CT molecular complexity index is 414. The summed E-state index contributed by atoms with van der Waals surface area (Å²) in [6.07, 6.45) is 7.47. The fraction of sp³-hybridized carbons (Fsp3) is 0.684. The molecule has 3 heteroatoms. The summed E-state index contributed by atoms with van der Waals surface area (Å²) in [4.78, 5) is 2.53. The van der Waals surface area contributed by atoms with Crippen LogP contribution in [-0.2, 0) is 6.54 Å². The van der Waals surface area contributed by atoms with E-state index in [-0.39, 0.29) is 0 Å². The lowest BCUT2D eigenvalue weighted by atomic mass is 9.97. The molecule has 1 aromatic rings. The van der Waals surface area contributed by atoms with E-state index in [2.05, 4.69) is 36.1 Å². The van der Waals surface area contributed by atoms with E-state index in [4.69, 9.17) is 10.5 Å². The Hall–Kier alpha value is -1.06. The van der Waals surface area contributed by atoms with Crippen LogP contribution in [0.25, 0.3) is 0 Å². The molecule has 124 valence electrons. The minimum absolute atomic E-state index is 0.723. The summed E-state index contributed by atoms with van der Waals surface area (Å²) >= 11 is 0. The van der Waals surface area contributed by atoms with Gasteiger partial charge < -0.3 is 10.5 Å². The number of nitrogens with zero attached hydrogens (tertiary/aromatic N) is 1. The minimum Gasteiger partial charge on any atom is -0.493 e. The van der Waals surface area contributed by atoms with E-state index in [9.17, 15) is 0 Å². The van der Waals surface area contributed by atoms with Gasteiger partial charge in [0.25, 0.3) is 0 Å². The van der Waals surface area contributed by atoms with Crippen molar-refractivity contribution in [3.05, 3.63) is 29.8 Å². The molecule has 0 bridgehead atoms. The maximum Gasteiger partial charge on any atom is 0.123 e. The van der Waals surface area contributed by atoms with Crippen LogP contribution in [0.1, 0.15) is 51.0 Å². The van der Waals surface area contributed by atoms with Gasteiger partial charge in [-0.25, -0.2) is 0 Å². The first-order chi connectivity index (χ1) is 10.8. The molecule has 0 radical (unpaired) electrons. The number of nitrogens with two attached hydrogens (primary N) is 1. The molecule has 1 aliphatic heterocycles. The lowest BCUT2D eigenvalue weighted by molar-refractivity contribution is 0.177. The normalized spacial score (nSPS) is 16.8. The average molecular weight is 304 g/mol. The largest absolute Gasteiger partial charge is 0.493 e. The fourth-order valence-corrected chi connectivity index (χ4v) is 3.11. The van der Waals surface area contributed by atoms with E-state index in [1.54, 1.807) is 0 Å². The van der Waals surface area contributed by atoms with Crippen LogP contribution in [0.3, 0.4) is 0 Å². The molecule has 3 nitrogen and oxygen atoms in total. The van der Waals surface area contributed by atoms with Crippen LogP contribution in [0.5, 0.6) is 5.75 Å². The highest BCUT2D eigenvalue weighted by atomic mass is 16.5. The van der Waals surface area contributed by atoms with E-state index >= 15 is 0 Å². The first kappa shape index (κ1) is 17.3. The molecule has 0 unspecified atom stereocenters. The molecule has 0 spiro atoms. The summed E-state index contributed by atoms with van der Waals surface area (Å²) in [5.74, 6) is 1.79. The van der Waals surface area contributed by atoms with E-state index in [1.807, 2.05) is 0 Å². The highest BCUT2D eigenvalue weighted by Crippen LogP contribution is 2.23. The summed E-state index contributed by atoms with van der Waals surface area (Å²) < 4.78 is 6.02. The van der Waals surface area contributed by atoms with Gasteiger partial charge in [0, 0.05) is 12.1 Å². The Morgan fingerprint density at radius 3 is 2.64 bits per heavy atom. The number of benzene rings is 1. The predicted molar refractivity (Wildman–Crippen MR) is 93.1 cm³/mol. The molecule has 0 aliphatic carbocycles. The lowest BCUT2D eigenvalue weighted by Gasteiger charge is -2.31. The highest BCUT2D eigenvalue weighted by molar-refractivity contribution is 5.33. The minimum atomic E-state index is 0.723. The van der Waals surface area contributed by atoms with Crippen molar-refractivity contribution in [2.24, 2.45) is 11.7 Å². The molecule has 1 fully saturated rings. The number of rotatable bonds is 9. The average Bonchev–Trinajstić information content (AvgIpc) is 2.57. The summed E-state index contributed by atoms with van der Waals surface area (Å²) in [6, 6.07) is 8.51. The summed E-state index contributed by atoms with van der Waals surface area (Å²) in [5, 5.41) is 0. The number of para-hydroxylation sites is 1. The first-order valence-electron chi connectivity index (χ1n) is 8.96. The zero-order chi connectivity index (χ0) is 15.6. The maximum atomic E-state index is 6.02. The Morgan fingerprint density at radius 2 is 1.91 bits per heavy atom. The number of likely N-dealkylation sites (tertiary alicyclic amines) is 1. The van der Waals surface area contributed by atoms with Crippen LogP contribution >= 0.6 is 0 Å². The molecule has 22 heavy (non-hydrogen) atoms. The lowest BCUT2D eigenvalue weighted by Crippen LogP contribution is -2.35. The van der Waals surface area contributed by atoms with Crippen LogP contribution in [0.4, 0.5) is 0 Å². The van der Waals surface area contributed by atoms with E-state index in [0.29, 0.717) is 0 Å². The van der Waals surface area contributed by atoms with Crippen molar-refractivity contribution in [2.75, 3.05) is 26.2 Å². The molecule has 0 aromatic heterocycles.